The first kappa shape index (κ1) is 15.8. The van der Waals surface area contributed by atoms with Crippen molar-refractivity contribution in [1.29, 1.82) is 0 Å². The molecule has 0 spiro atoms. The van der Waals surface area contributed by atoms with Crippen LogP contribution < -0.4 is 14.2 Å². The van der Waals surface area contributed by atoms with Crippen LogP contribution in [0.25, 0.3) is 0 Å². The van der Waals surface area contributed by atoms with Gasteiger partial charge in [0.05, 0.1) is 14.2 Å². The van der Waals surface area contributed by atoms with Crippen LogP contribution in [0.15, 0.2) is 53.4 Å². The quantitative estimate of drug-likeness (QED) is 0.882. The highest BCUT2D eigenvalue weighted by molar-refractivity contribution is 7.89. The first-order valence-corrected chi connectivity index (χ1v) is 8.83. The summed E-state index contributed by atoms with van der Waals surface area (Å²) in [6.07, 6.45) is 0.801. The van der Waals surface area contributed by atoms with Gasteiger partial charge in [-0.2, -0.15) is 0 Å². The molecule has 0 bridgehead atoms. The predicted molar refractivity (Wildman–Crippen MR) is 87.5 cm³/mol. The molecule has 5 nitrogen and oxygen atoms in total. The van der Waals surface area contributed by atoms with Gasteiger partial charge in [-0.25, -0.2) is 13.1 Å². The van der Waals surface area contributed by atoms with E-state index < -0.39 is 10.0 Å². The molecule has 2 aromatic carbocycles. The largest absolute Gasteiger partial charge is 0.497 e. The van der Waals surface area contributed by atoms with E-state index in [1.54, 1.807) is 12.1 Å². The fourth-order valence-corrected chi connectivity index (χ4v) is 4.12. The summed E-state index contributed by atoms with van der Waals surface area (Å²) in [5.74, 6) is 0.999. The molecule has 0 radical (unpaired) electrons. The topological polar surface area (TPSA) is 64.6 Å². The van der Waals surface area contributed by atoms with Gasteiger partial charge in [-0.15, -0.1) is 0 Å². The molecule has 0 saturated heterocycles. The van der Waals surface area contributed by atoms with Crippen molar-refractivity contribution in [2.24, 2.45) is 0 Å². The van der Waals surface area contributed by atoms with Crippen molar-refractivity contribution in [2.45, 2.75) is 23.3 Å². The van der Waals surface area contributed by atoms with Crippen molar-refractivity contribution in [3.63, 3.8) is 0 Å². The number of hydrogen-bond donors (Lipinski definition) is 1. The van der Waals surface area contributed by atoms with Crippen LogP contribution >= 0.6 is 0 Å². The van der Waals surface area contributed by atoms with Crippen molar-refractivity contribution >= 4 is 10.0 Å². The first-order valence-electron chi connectivity index (χ1n) is 7.34. The zero-order valence-electron chi connectivity index (χ0n) is 13.0. The minimum atomic E-state index is -3.67. The average Bonchev–Trinajstić information content (AvgIpc) is 3.33. The first-order chi connectivity index (χ1) is 11.0. The SMILES string of the molecule is COc1ccc(OC)c(S(=O)(=O)N[C@@H]2C[C@@H]2c2ccccc2)c1. The molecule has 23 heavy (non-hydrogen) atoms. The van der Waals surface area contributed by atoms with Crippen molar-refractivity contribution in [1.82, 2.24) is 4.72 Å². The predicted octanol–water partition coefficient (Wildman–Crippen LogP) is 2.54. The molecular weight excluding hydrogens is 314 g/mol. The summed E-state index contributed by atoms with van der Waals surface area (Å²) in [7, 11) is -0.721. The maximum Gasteiger partial charge on any atom is 0.244 e. The van der Waals surface area contributed by atoms with Crippen molar-refractivity contribution in [3.8, 4) is 11.5 Å². The summed E-state index contributed by atoms with van der Waals surface area (Å²) in [5.41, 5.74) is 1.15. The maximum atomic E-state index is 12.7. The summed E-state index contributed by atoms with van der Waals surface area (Å²) in [6.45, 7) is 0. The van der Waals surface area contributed by atoms with Gasteiger partial charge in [0.15, 0.2) is 0 Å². The van der Waals surface area contributed by atoms with E-state index in [9.17, 15) is 8.42 Å². The molecule has 1 fully saturated rings. The third-order valence-corrected chi connectivity index (χ3v) is 5.50. The van der Waals surface area contributed by atoms with Crippen LogP contribution in [0.2, 0.25) is 0 Å². The van der Waals surface area contributed by atoms with E-state index in [1.165, 1.54) is 20.3 Å². The summed E-state index contributed by atoms with van der Waals surface area (Å²) in [5, 5.41) is 0. The minimum absolute atomic E-state index is 0.0849. The minimum Gasteiger partial charge on any atom is -0.497 e. The van der Waals surface area contributed by atoms with Crippen LogP contribution in [-0.4, -0.2) is 28.7 Å². The van der Waals surface area contributed by atoms with E-state index in [4.69, 9.17) is 9.47 Å². The van der Waals surface area contributed by atoms with Crippen molar-refractivity contribution in [3.05, 3.63) is 54.1 Å². The second-order valence-corrected chi connectivity index (χ2v) is 7.18. The molecule has 0 unspecified atom stereocenters. The number of rotatable bonds is 6. The summed E-state index contributed by atoms with van der Waals surface area (Å²) in [6, 6.07) is 14.6. The lowest BCUT2D eigenvalue weighted by molar-refractivity contribution is 0.392. The second kappa shape index (κ2) is 6.22. The molecule has 1 N–H and O–H groups in total. The van der Waals surface area contributed by atoms with E-state index in [2.05, 4.69) is 4.72 Å². The van der Waals surface area contributed by atoms with Crippen LogP contribution in [-0.2, 0) is 10.0 Å². The molecule has 122 valence electrons. The molecular formula is C17H19NO4S. The van der Waals surface area contributed by atoms with Gasteiger partial charge in [0, 0.05) is 18.0 Å². The fraction of sp³-hybridized carbons (Fsp3) is 0.294. The Morgan fingerprint density at radius 1 is 1.04 bits per heavy atom. The fourth-order valence-electron chi connectivity index (χ4n) is 2.65. The lowest BCUT2D eigenvalue weighted by Gasteiger charge is -2.12. The molecule has 0 amide bonds. The van der Waals surface area contributed by atoms with Gasteiger partial charge in [0.2, 0.25) is 10.0 Å². The molecule has 6 heteroatoms. The standard InChI is InChI=1S/C17H19NO4S/c1-21-13-8-9-16(22-2)17(10-13)23(19,20)18-15-11-14(15)12-6-4-3-5-7-12/h3-10,14-15,18H,11H2,1-2H3/t14-,15-/m1/s1. The van der Waals surface area contributed by atoms with Gasteiger partial charge in [-0.1, -0.05) is 30.3 Å². The molecule has 0 aliphatic heterocycles. The van der Waals surface area contributed by atoms with Crippen LogP contribution in [0.1, 0.15) is 17.9 Å². The van der Waals surface area contributed by atoms with Gasteiger partial charge in [-0.3, -0.25) is 0 Å². The molecule has 2 aromatic rings. The highest BCUT2D eigenvalue weighted by Crippen LogP contribution is 2.42. The van der Waals surface area contributed by atoms with E-state index >= 15 is 0 Å². The number of sulfonamides is 1. The smallest absolute Gasteiger partial charge is 0.244 e. The Labute approximate surface area is 136 Å². The van der Waals surface area contributed by atoms with Gasteiger partial charge < -0.3 is 9.47 Å². The summed E-state index contributed by atoms with van der Waals surface area (Å²) >= 11 is 0. The van der Waals surface area contributed by atoms with Gasteiger partial charge in [0.1, 0.15) is 16.4 Å². The normalized spacial score (nSPS) is 20.1. The van der Waals surface area contributed by atoms with Crippen molar-refractivity contribution in [2.75, 3.05) is 14.2 Å². The zero-order chi connectivity index (χ0) is 16.4. The van der Waals surface area contributed by atoms with Gasteiger partial charge in [-0.05, 0) is 24.1 Å². The van der Waals surface area contributed by atoms with E-state index in [0.717, 1.165) is 12.0 Å². The Balaban J connectivity index is 1.81. The molecule has 2 atom stereocenters. The van der Waals surface area contributed by atoms with E-state index in [0.29, 0.717) is 11.5 Å². The Hall–Kier alpha value is -2.05. The number of ether oxygens (including phenoxy) is 2. The molecule has 1 saturated carbocycles. The maximum absolute atomic E-state index is 12.7. The Morgan fingerprint density at radius 3 is 2.43 bits per heavy atom. The third-order valence-electron chi connectivity index (χ3n) is 3.98. The molecule has 3 rings (SSSR count). The number of hydrogen-bond acceptors (Lipinski definition) is 4. The number of methoxy groups -OCH3 is 2. The van der Waals surface area contributed by atoms with Gasteiger partial charge in [0.25, 0.3) is 0 Å². The van der Waals surface area contributed by atoms with Gasteiger partial charge >= 0.3 is 0 Å². The Morgan fingerprint density at radius 2 is 1.78 bits per heavy atom. The highest BCUT2D eigenvalue weighted by Gasteiger charge is 2.41. The Bertz CT molecular complexity index is 789. The third kappa shape index (κ3) is 3.33. The molecule has 1 aliphatic carbocycles. The number of nitrogens with one attached hydrogen (secondary N) is 1. The highest BCUT2D eigenvalue weighted by atomic mass is 32.2. The zero-order valence-corrected chi connectivity index (χ0v) is 13.8. The molecule has 1 aliphatic rings. The van der Waals surface area contributed by atoms with Crippen molar-refractivity contribution < 1.29 is 17.9 Å². The van der Waals surface area contributed by atoms with E-state index in [1.807, 2.05) is 30.3 Å². The molecule has 0 aromatic heterocycles. The lowest BCUT2D eigenvalue weighted by atomic mass is 10.1. The van der Waals surface area contributed by atoms with Crippen LogP contribution in [0.3, 0.4) is 0 Å². The van der Waals surface area contributed by atoms with Crippen LogP contribution in [0.4, 0.5) is 0 Å². The summed E-state index contributed by atoms with van der Waals surface area (Å²) in [4.78, 5) is 0.0954. The number of benzene rings is 2. The monoisotopic (exact) mass is 333 g/mol. The second-order valence-electron chi connectivity index (χ2n) is 5.50. The average molecular weight is 333 g/mol. The molecule has 0 heterocycles. The summed E-state index contributed by atoms with van der Waals surface area (Å²) < 4.78 is 38.4. The lowest BCUT2D eigenvalue weighted by Crippen LogP contribution is -2.27. The Kier molecular flexibility index (Phi) is 4.28. The van der Waals surface area contributed by atoms with E-state index in [-0.39, 0.29) is 16.9 Å². The van der Waals surface area contributed by atoms with Crippen LogP contribution in [0, 0.1) is 0 Å². The van der Waals surface area contributed by atoms with Crippen LogP contribution in [0.5, 0.6) is 11.5 Å².